The number of amides is 1. The molecule has 1 aromatic carbocycles. The number of rotatable bonds is 4. The summed E-state index contributed by atoms with van der Waals surface area (Å²) in [6, 6.07) is 8.16. The van der Waals surface area contributed by atoms with E-state index in [0.29, 0.717) is 11.5 Å². The lowest BCUT2D eigenvalue weighted by Crippen LogP contribution is -2.36. The Morgan fingerprint density at radius 1 is 0.929 bits per heavy atom. The van der Waals surface area contributed by atoms with Crippen molar-refractivity contribution in [2.75, 3.05) is 49.6 Å². The molecule has 0 aliphatic carbocycles. The lowest BCUT2D eigenvalue weighted by molar-refractivity contribution is 0.0755. The summed E-state index contributed by atoms with van der Waals surface area (Å²) in [5.41, 5.74) is 2.51. The molecule has 0 radical (unpaired) electrons. The van der Waals surface area contributed by atoms with Crippen LogP contribution in [0.5, 0.6) is 0 Å². The van der Waals surface area contributed by atoms with E-state index in [-0.39, 0.29) is 5.91 Å². The first-order chi connectivity index (χ1) is 13.8. The third-order valence-electron chi connectivity index (χ3n) is 5.28. The number of benzene rings is 1. The zero-order valence-electron chi connectivity index (χ0n) is 16.1. The number of anilines is 3. The largest absolute Gasteiger partial charge is 0.378 e. The van der Waals surface area contributed by atoms with Gasteiger partial charge in [-0.2, -0.15) is 0 Å². The van der Waals surface area contributed by atoms with E-state index in [4.69, 9.17) is 4.74 Å². The summed E-state index contributed by atoms with van der Waals surface area (Å²) in [4.78, 5) is 25.7. The number of carbonyl (C=O) groups is 1. The molecule has 28 heavy (non-hydrogen) atoms. The zero-order chi connectivity index (χ0) is 19.2. The zero-order valence-corrected chi connectivity index (χ0v) is 16.1. The number of hydrogen-bond acceptors (Lipinski definition) is 6. The summed E-state index contributed by atoms with van der Waals surface area (Å²) in [5, 5.41) is 3.34. The van der Waals surface area contributed by atoms with Gasteiger partial charge in [0.05, 0.1) is 37.0 Å². The van der Waals surface area contributed by atoms with Crippen LogP contribution in [0.25, 0.3) is 0 Å². The number of para-hydroxylation sites is 2. The molecule has 3 heterocycles. The van der Waals surface area contributed by atoms with Crippen molar-refractivity contribution < 1.29 is 9.53 Å². The molecule has 0 saturated carbocycles. The fraction of sp³-hybridized carbons (Fsp3) is 0.476. The molecule has 2 aliphatic heterocycles. The maximum absolute atomic E-state index is 12.7. The van der Waals surface area contributed by atoms with E-state index in [1.807, 2.05) is 23.1 Å². The molecule has 0 spiro atoms. The SMILES string of the molecule is O=C(c1cnc(Nc2ccccc2N2CCOCC2)cn1)N1CCCCCC1. The third-order valence-corrected chi connectivity index (χ3v) is 5.28. The fourth-order valence-electron chi connectivity index (χ4n) is 3.74. The molecule has 2 saturated heterocycles. The maximum atomic E-state index is 12.7. The second-order valence-corrected chi connectivity index (χ2v) is 7.23. The van der Waals surface area contributed by atoms with Crippen LogP contribution in [0.4, 0.5) is 17.2 Å². The van der Waals surface area contributed by atoms with Crippen LogP contribution < -0.4 is 10.2 Å². The summed E-state index contributed by atoms with van der Waals surface area (Å²) >= 11 is 0. The topological polar surface area (TPSA) is 70.6 Å². The van der Waals surface area contributed by atoms with Crippen molar-refractivity contribution in [3.05, 3.63) is 42.4 Å². The first-order valence-corrected chi connectivity index (χ1v) is 10.1. The average Bonchev–Trinajstić information content (AvgIpc) is 3.04. The lowest BCUT2D eigenvalue weighted by atomic mass is 10.2. The molecule has 2 aliphatic rings. The van der Waals surface area contributed by atoms with Gasteiger partial charge in [0.25, 0.3) is 5.91 Å². The molecule has 0 bridgehead atoms. The van der Waals surface area contributed by atoms with Crippen LogP contribution in [0.1, 0.15) is 36.2 Å². The van der Waals surface area contributed by atoms with Crippen molar-refractivity contribution in [2.24, 2.45) is 0 Å². The van der Waals surface area contributed by atoms with Gasteiger partial charge in [0, 0.05) is 26.2 Å². The first-order valence-electron chi connectivity index (χ1n) is 10.1. The molecule has 1 N–H and O–H groups in total. The highest BCUT2D eigenvalue weighted by molar-refractivity contribution is 5.92. The van der Waals surface area contributed by atoms with Gasteiger partial charge >= 0.3 is 0 Å². The minimum absolute atomic E-state index is 0.0188. The number of morpholine rings is 1. The highest BCUT2D eigenvalue weighted by atomic mass is 16.5. The standard InChI is InChI=1S/C21H27N5O2/c27-21(26-9-5-1-2-6-10-26)18-15-23-20(16-22-18)24-17-7-3-4-8-19(17)25-11-13-28-14-12-25/h3-4,7-8,15-16H,1-2,5-6,9-14H2,(H,23,24). The number of ether oxygens (including phenoxy) is 1. The van der Waals surface area contributed by atoms with Gasteiger partial charge in [0.2, 0.25) is 0 Å². The Balaban J connectivity index is 1.45. The number of nitrogens with zero attached hydrogens (tertiary/aromatic N) is 4. The van der Waals surface area contributed by atoms with Crippen LogP contribution >= 0.6 is 0 Å². The predicted octanol–water partition coefficient (Wildman–Crippen LogP) is 3.07. The van der Waals surface area contributed by atoms with E-state index < -0.39 is 0 Å². The second-order valence-electron chi connectivity index (χ2n) is 7.23. The quantitative estimate of drug-likeness (QED) is 0.878. The number of hydrogen-bond donors (Lipinski definition) is 1. The van der Waals surface area contributed by atoms with E-state index in [0.717, 1.165) is 63.6 Å². The molecule has 1 amide bonds. The van der Waals surface area contributed by atoms with Crippen molar-refractivity contribution in [3.63, 3.8) is 0 Å². The summed E-state index contributed by atoms with van der Waals surface area (Å²) in [7, 11) is 0. The summed E-state index contributed by atoms with van der Waals surface area (Å²) in [5.74, 6) is 0.614. The van der Waals surface area contributed by atoms with Gasteiger partial charge in [0.15, 0.2) is 0 Å². The van der Waals surface area contributed by atoms with E-state index in [2.05, 4.69) is 26.3 Å². The van der Waals surface area contributed by atoms with Crippen molar-refractivity contribution in [1.29, 1.82) is 0 Å². The minimum Gasteiger partial charge on any atom is -0.378 e. The number of carbonyl (C=O) groups excluding carboxylic acids is 1. The van der Waals surface area contributed by atoms with Crippen molar-refractivity contribution in [2.45, 2.75) is 25.7 Å². The lowest BCUT2D eigenvalue weighted by Gasteiger charge is -2.30. The Kier molecular flexibility index (Phi) is 6.01. The van der Waals surface area contributed by atoms with Gasteiger partial charge in [-0.1, -0.05) is 25.0 Å². The average molecular weight is 381 g/mol. The van der Waals surface area contributed by atoms with Crippen LogP contribution in [-0.2, 0) is 4.74 Å². The van der Waals surface area contributed by atoms with E-state index in [1.165, 1.54) is 12.8 Å². The molecule has 4 rings (SSSR count). The minimum atomic E-state index is -0.0188. The maximum Gasteiger partial charge on any atom is 0.274 e. The molecular formula is C21H27N5O2. The fourth-order valence-corrected chi connectivity index (χ4v) is 3.74. The van der Waals surface area contributed by atoms with Gasteiger partial charge in [-0.05, 0) is 25.0 Å². The van der Waals surface area contributed by atoms with Crippen molar-refractivity contribution in [3.8, 4) is 0 Å². The normalized spacial score (nSPS) is 17.9. The van der Waals surface area contributed by atoms with E-state index in [1.54, 1.807) is 12.4 Å². The van der Waals surface area contributed by atoms with Crippen LogP contribution in [0, 0.1) is 0 Å². The Hall–Kier alpha value is -2.67. The molecule has 2 aromatic rings. The van der Waals surface area contributed by atoms with Gasteiger partial charge in [0.1, 0.15) is 11.5 Å². The summed E-state index contributed by atoms with van der Waals surface area (Å²) < 4.78 is 5.45. The molecule has 148 valence electrons. The van der Waals surface area contributed by atoms with E-state index >= 15 is 0 Å². The summed E-state index contributed by atoms with van der Waals surface area (Å²) in [6.07, 6.45) is 7.74. The van der Waals surface area contributed by atoms with Crippen molar-refractivity contribution >= 4 is 23.1 Å². The number of likely N-dealkylation sites (tertiary alicyclic amines) is 1. The van der Waals surface area contributed by atoms with Crippen molar-refractivity contribution in [1.82, 2.24) is 14.9 Å². The van der Waals surface area contributed by atoms with Crippen LogP contribution in [0.2, 0.25) is 0 Å². The monoisotopic (exact) mass is 381 g/mol. The number of nitrogens with one attached hydrogen (secondary N) is 1. The van der Waals surface area contributed by atoms with Crippen LogP contribution in [0.3, 0.4) is 0 Å². The summed E-state index contributed by atoms with van der Waals surface area (Å²) in [6.45, 7) is 4.84. The molecular weight excluding hydrogens is 354 g/mol. The van der Waals surface area contributed by atoms with Gasteiger partial charge in [-0.25, -0.2) is 9.97 Å². The number of aromatic nitrogens is 2. The van der Waals surface area contributed by atoms with E-state index in [9.17, 15) is 4.79 Å². The molecule has 1 aromatic heterocycles. The third kappa shape index (κ3) is 4.42. The molecule has 7 heteroatoms. The van der Waals surface area contributed by atoms with Gasteiger partial charge in [-0.3, -0.25) is 4.79 Å². The Morgan fingerprint density at radius 3 is 2.39 bits per heavy atom. The highest BCUT2D eigenvalue weighted by Gasteiger charge is 2.19. The molecule has 0 atom stereocenters. The van der Waals surface area contributed by atoms with Gasteiger partial charge in [-0.15, -0.1) is 0 Å². The first kappa shape index (κ1) is 18.7. The smallest absolute Gasteiger partial charge is 0.274 e. The van der Waals surface area contributed by atoms with Crippen LogP contribution in [-0.4, -0.2) is 60.2 Å². The molecule has 7 nitrogen and oxygen atoms in total. The van der Waals surface area contributed by atoms with Gasteiger partial charge < -0.3 is 19.9 Å². The Labute approximate surface area is 165 Å². The predicted molar refractivity (Wildman–Crippen MR) is 109 cm³/mol. The highest BCUT2D eigenvalue weighted by Crippen LogP contribution is 2.28. The molecule has 2 fully saturated rings. The Morgan fingerprint density at radius 2 is 1.68 bits per heavy atom. The Bertz CT molecular complexity index is 782. The molecule has 0 unspecified atom stereocenters. The second kappa shape index (κ2) is 9.01. The van der Waals surface area contributed by atoms with Crippen LogP contribution in [0.15, 0.2) is 36.7 Å².